The van der Waals surface area contributed by atoms with Crippen molar-refractivity contribution in [2.24, 2.45) is 11.8 Å². The van der Waals surface area contributed by atoms with E-state index in [1.807, 2.05) is 105 Å². The summed E-state index contributed by atoms with van der Waals surface area (Å²) >= 11 is 0. The first-order valence-corrected chi connectivity index (χ1v) is 18.1. The zero-order valence-corrected chi connectivity index (χ0v) is 29.7. The van der Waals surface area contributed by atoms with Crippen molar-refractivity contribution < 1.29 is 33.8 Å². The van der Waals surface area contributed by atoms with Gasteiger partial charge in [0.1, 0.15) is 23.7 Å². The van der Waals surface area contributed by atoms with Crippen molar-refractivity contribution in [1.82, 2.24) is 10.2 Å². The summed E-state index contributed by atoms with van der Waals surface area (Å²) in [6.45, 7) is 5.42. The van der Waals surface area contributed by atoms with Gasteiger partial charge in [0.15, 0.2) is 0 Å². The molecule has 52 heavy (non-hydrogen) atoms. The third kappa shape index (κ3) is 6.24. The molecule has 10 heteroatoms. The van der Waals surface area contributed by atoms with Gasteiger partial charge in [-0.15, -0.1) is 0 Å². The number of likely N-dealkylation sites (tertiary alicyclic amines) is 1. The molecule has 8 atom stereocenters. The number of nitrogens with zero attached hydrogens (tertiary/aromatic N) is 2. The number of aryl methyl sites for hydroxylation is 2. The molecule has 0 aromatic heterocycles. The van der Waals surface area contributed by atoms with Crippen molar-refractivity contribution in [2.45, 2.75) is 76.0 Å². The second kappa shape index (κ2) is 14.5. The van der Waals surface area contributed by atoms with Crippen LogP contribution in [0.1, 0.15) is 48.1 Å². The van der Waals surface area contributed by atoms with Crippen LogP contribution in [0, 0.1) is 25.7 Å². The lowest BCUT2D eigenvalue weighted by molar-refractivity contribution is -0.161. The summed E-state index contributed by atoms with van der Waals surface area (Å²) in [5.41, 5.74) is 2.54. The van der Waals surface area contributed by atoms with E-state index in [0.717, 1.165) is 16.7 Å². The molecule has 10 nitrogen and oxygen atoms in total. The number of ether oxygens (including phenoxy) is 2. The molecule has 270 valence electrons. The lowest BCUT2D eigenvalue weighted by Crippen LogP contribution is -2.59. The Morgan fingerprint density at radius 2 is 1.60 bits per heavy atom. The molecule has 2 saturated heterocycles. The van der Waals surface area contributed by atoms with E-state index >= 15 is 4.79 Å². The molecule has 3 amide bonds. The quantitative estimate of drug-likeness (QED) is 0.286. The second-order valence-corrected chi connectivity index (χ2v) is 14.3. The van der Waals surface area contributed by atoms with Gasteiger partial charge in [0.05, 0.1) is 30.7 Å². The number of carbonyl (C=O) groups excluding carboxylic acids is 4. The van der Waals surface area contributed by atoms with Gasteiger partial charge < -0.3 is 29.7 Å². The molecule has 3 aromatic rings. The van der Waals surface area contributed by atoms with Crippen LogP contribution in [0.4, 0.5) is 5.69 Å². The Morgan fingerprint density at radius 1 is 0.904 bits per heavy atom. The first-order valence-electron chi connectivity index (χ1n) is 18.1. The van der Waals surface area contributed by atoms with Crippen molar-refractivity contribution in [3.05, 3.63) is 125 Å². The van der Waals surface area contributed by atoms with E-state index in [9.17, 15) is 19.5 Å². The van der Waals surface area contributed by atoms with Crippen molar-refractivity contribution >= 4 is 29.4 Å². The summed E-state index contributed by atoms with van der Waals surface area (Å²) in [6.07, 6.45) is 6.51. The average Bonchev–Trinajstić information content (AvgIpc) is 3.79. The molecule has 0 unspecified atom stereocenters. The Hall–Kier alpha value is -5.06. The Bertz CT molecular complexity index is 1880. The minimum atomic E-state index is -1.48. The van der Waals surface area contributed by atoms with Crippen molar-refractivity contribution in [2.75, 3.05) is 18.1 Å². The number of carbonyl (C=O) groups is 4. The van der Waals surface area contributed by atoms with Gasteiger partial charge in [-0.25, -0.2) is 0 Å². The number of aliphatic hydroxyl groups is 1. The molecule has 1 spiro atoms. The summed E-state index contributed by atoms with van der Waals surface area (Å²) < 4.78 is 13.0. The molecule has 4 aliphatic rings. The van der Waals surface area contributed by atoms with Crippen LogP contribution in [0.25, 0.3) is 0 Å². The highest BCUT2D eigenvalue weighted by atomic mass is 16.6. The van der Waals surface area contributed by atoms with E-state index in [1.54, 1.807) is 24.0 Å². The van der Waals surface area contributed by atoms with E-state index in [2.05, 4.69) is 5.32 Å². The van der Waals surface area contributed by atoms with Crippen LogP contribution in [0.5, 0.6) is 0 Å². The van der Waals surface area contributed by atoms with Gasteiger partial charge in [-0.2, -0.15) is 0 Å². The smallest absolute Gasteiger partial charge is 0.313 e. The number of allylic oxidation sites excluding steroid dienone is 1. The highest BCUT2D eigenvalue weighted by Gasteiger charge is 2.74. The molecule has 5 bridgehead atoms. The fraction of sp³-hybridized carbons (Fsp3) is 0.381. The number of esters is 1. The number of cyclic esters (lactones) is 1. The third-order valence-electron chi connectivity index (χ3n) is 10.9. The van der Waals surface area contributed by atoms with Crippen LogP contribution in [0.15, 0.2) is 103 Å². The molecule has 0 saturated carbocycles. The predicted molar refractivity (Wildman–Crippen MR) is 195 cm³/mol. The van der Waals surface area contributed by atoms with Gasteiger partial charge in [0.2, 0.25) is 11.8 Å². The van der Waals surface area contributed by atoms with E-state index < -0.39 is 66.3 Å². The number of hydrogen-bond acceptors (Lipinski definition) is 7. The number of nitrogens with one attached hydrogen (secondary N) is 1. The molecular weight excluding hydrogens is 658 g/mol. The molecule has 0 radical (unpaired) electrons. The Kier molecular flexibility index (Phi) is 9.87. The van der Waals surface area contributed by atoms with Gasteiger partial charge in [-0.1, -0.05) is 103 Å². The number of aliphatic hydroxyl groups excluding tert-OH is 1. The summed E-state index contributed by atoms with van der Waals surface area (Å²) in [5, 5.41) is 13.9. The standard InChI is InChI=1S/C42H45N3O7/c1-26-14-13-15-27(2)36(26)44-23-12-6-11-20-33(47)43-28(3)37(30-18-9-5-10-19-30)51-41(50)34-32-21-22-42(52-32)35(34)39(48)45(38(42)40(44)49)31(25-46)24-29-16-7-4-8-17-29/h4-10,12-19,21-22,28,31-32,34-35,37-38,46H,11,20,23-25H2,1-3H3,(H,43,47)/b12-6-/t28-,31-,32+,34-,35-,37+,38+,42-/m1/s1. The summed E-state index contributed by atoms with van der Waals surface area (Å²) in [6, 6.07) is 21.9. The minimum Gasteiger partial charge on any atom is -0.455 e. The largest absolute Gasteiger partial charge is 0.455 e. The maximum atomic E-state index is 15.4. The number of fused-ring (bicyclic) bond motifs is 2. The second-order valence-electron chi connectivity index (χ2n) is 14.3. The lowest BCUT2D eigenvalue weighted by Gasteiger charge is -2.39. The van der Waals surface area contributed by atoms with E-state index in [1.165, 1.54) is 4.90 Å². The van der Waals surface area contributed by atoms with Gasteiger partial charge in [0, 0.05) is 18.7 Å². The normalized spacial score (nSPS) is 30.2. The van der Waals surface area contributed by atoms with Crippen LogP contribution >= 0.6 is 0 Å². The zero-order valence-electron chi connectivity index (χ0n) is 29.7. The highest BCUT2D eigenvalue weighted by molar-refractivity contribution is 6.06. The molecule has 2 N–H and O–H groups in total. The van der Waals surface area contributed by atoms with E-state index in [-0.39, 0.29) is 31.2 Å². The average molecular weight is 704 g/mol. The Balaban J connectivity index is 1.37. The maximum Gasteiger partial charge on any atom is 0.313 e. The fourth-order valence-electron chi connectivity index (χ4n) is 8.58. The van der Waals surface area contributed by atoms with Gasteiger partial charge in [-0.3, -0.25) is 19.2 Å². The molecule has 7 rings (SSSR count). The topological polar surface area (TPSA) is 125 Å². The Morgan fingerprint density at radius 3 is 2.29 bits per heavy atom. The molecule has 4 aliphatic heterocycles. The molecule has 2 fully saturated rings. The molecular formula is C42H45N3O7. The lowest BCUT2D eigenvalue weighted by atomic mass is 9.74. The summed E-state index contributed by atoms with van der Waals surface area (Å²) in [7, 11) is 0. The van der Waals surface area contributed by atoms with Crippen molar-refractivity contribution in [1.29, 1.82) is 0 Å². The number of anilines is 1. The van der Waals surface area contributed by atoms with E-state index in [0.29, 0.717) is 17.7 Å². The minimum absolute atomic E-state index is 0.166. The van der Waals surface area contributed by atoms with Crippen LogP contribution in [0.3, 0.4) is 0 Å². The Labute approximate surface area is 304 Å². The summed E-state index contributed by atoms with van der Waals surface area (Å²) in [4.78, 5) is 61.1. The number of benzene rings is 3. The first kappa shape index (κ1) is 35.3. The predicted octanol–water partition coefficient (Wildman–Crippen LogP) is 4.53. The zero-order chi connectivity index (χ0) is 36.6. The number of hydrogen-bond donors (Lipinski definition) is 2. The van der Waals surface area contributed by atoms with Crippen LogP contribution < -0.4 is 10.2 Å². The molecule has 3 aromatic carbocycles. The van der Waals surface area contributed by atoms with Crippen LogP contribution in [-0.2, 0) is 35.1 Å². The number of rotatable bonds is 6. The van der Waals surface area contributed by atoms with Gasteiger partial charge in [0.25, 0.3) is 5.91 Å². The number of amides is 3. The monoisotopic (exact) mass is 703 g/mol. The molecule has 4 heterocycles. The summed E-state index contributed by atoms with van der Waals surface area (Å²) in [5.74, 6) is -3.84. The van der Waals surface area contributed by atoms with Crippen LogP contribution in [0.2, 0.25) is 0 Å². The van der Waals surface area contributed by atoms with Gasteiger partial charge >= 0.3 is 5.97 Å². The SMILES string of the molecule is Cc1cccc(C)c1N1C/C=C\CCC(=O)N[C@H](C)[C@@H](c2ccccc2)OC(=O)[C@@H]2[C@@H]3C=C[C@]4(O3)[C@H](C1=O)N([C@@H](CO)Cc1ccccc1)C(=O)[C@@H]24. The maximum absolute atomic E-state index is 15.4. The van der Waals surface area contributed by atoms with Crippen LogP contribution in [-0.4, -0.2) is 76.7 Å². The fourth-order valence-corrected chi connectivity index (χ4v) is 8.58. The van der Waals surface area contributed by atoms with Crippen molar-refractivity contribution in [3.8, 4) is 0 Å². The highest BCUT2D eigenvalue weighted by Crippen LogP contribution is 2.56. The van der Waals surface area contributed by atoms with Gasteiger partial charge in [-0.05, 0) is 55.9 Å². The number of para-hydroxylation sites is 1. The van der Waals surface area contributed by atoms with Crippen molar-refractivity contribution in [3.63, 3.8) is 0 Å². The third-order valence-corrected chi connectivity index (χ3v) is 10.9. The van der Waals surface area contributed by atoms with E-state index in [4.69, 9.17) is 9.47 Å². The molecule has 0 aliphatic carbocycles. The first-order chi connectivity index (χ1) is 25.1.